The maximum absolute atomic E-state index is 12.9. The lowest BCUT2D eigenvalue weighted by Gasteiger charge is -2.37. The van der Waals surface area contributed by atoms with E-state index in [1.165, 1.54) is 12.1 Å². The number of hydrogen-bond donors (Lipinski definition) is 1. The molecule has 0 unspecified atom stereocenters. The number of nitrogens with zero attached hydrogens (tertiary/aromatic N) is 3. The molecule has 0 bridgehead atoms. The second kappa shape index (κ2) is 12.4. The third-order valence-electron chi connectivity index (χ3n) is 4.64. The zero-order chi connectivity index (χ0) is 19.7. The fraction of sp³-hybridized carbons (Fsp3) is 0.632. The largest absolute Gasteiger partial charge is 0.416 e. The van der Waals surface area contributed by atoms with E-state index in [0.29, 0.717) is 18.8 Å². The molecule has 2 rings (SSSR count). The molecule has 5 nitrogen and oxygen atoms in total. The summed E-state index contributed by atoms with van der Waals surface area (Å²) < 4.78 is 43.8. The molecule has 0 amide bonds. The minimum absolute atomic E-state index is 0. The number of rotatable bonds is 7. The van der Waals surface area contributed by atoms with Crippen molar-refractivity contribution < 1.29 is 17.9 Å². The van der Waals surface area contributed by atoms with Crippen molar-refractivity contribution in [2.24, 2.45) is 4.99 Å². The highest BCUT2D eigenvalue weighted by Gasteiger charge is 2.31. The molecule has 1 N–H and O–H groups in total. The lowest BCUT2D eigenvalue weighted by atomic mass is 10.1. The SMILES string of the molecule is CN=C(NCCCCCOC)N1CCN(c2cccc(C(F)(F)F)c2)CC1.I. The summed E-state index contributed by atoms with van der Waals surface area (Å²) >= 11 is 0. The Morgan fingerprint density at radius 3 is 2.46 bits per heavy atom. The summed E-state index contributed by atoms with van der Waals surface area (Å²) in [7, 11) is 3.46. The summed E-state index contributed by atoms with van der Waals surface area (Å²) in [4.78, 5) is 8.47. The van der Waals surface area contributed by atoms with Gasteiger partial charge >= 0.3 is 6.18 Å². The van der Waals surface area contributed by atoms with E-state index in [1.807, 2.05) is 4.90 Å². The average molecular weight is 514 g/mol. The van der Waals surface area contributed by atoms with E-state index in [4.69, 9.17) is 4.74 Å². The van der Waals surface area contributed by atoms with Crippen LogP contribution in [0.15, 0.2) is 29.3 Å². The molecular weight excluding hydrogens is 484 g/mol. The van der Waals surface area contributed by atoms with Gasteiger partial charge in [0.25, 0.3) is 0 Å². The Balaban J connectivity index is 0.00000392. The number of anilines is 1. The molecule has 1 aliphatic heterocycles. The van der Waals surface area contributed by atoms with Gasteiger partial charge in [0.15, 0.2) is 5.96 Å². The normalized spacial score (nSPS) is 15.4. The van der Waals surface area contributed by atoms with Crippen molar-refractivity contribution in [1.82, 2.24) is 10.2 Å². The number of piperazine rings is 1. The number of unbranched alkanes of at least 4 members (excludes halogenated alkanes) is 2. The van der Waals surface area contributed by atoms with Crippen LogP contribution in [0.25, 0.3) is 0 Å². The van der Waals surface area contributed by atoms with Crippen LogP contribution < -0.4 is 10.2 Å². The van der Waals surface area contributed by atoms with Crippen molar-refractivity contribution in [3.63, 3.8) is 0 Å². The monoisotopic (exact) mass is 514 g/mol. The Bertz CT molecular complexity index is 605. The van der Waals surface area contributed by atoms with Crippen molar-refractivity contribution in [3.8, 4) is 0 Å². The second-order valence-corrected chi connectivity index (χ2v) is 6.55. The molecule has 0 spiro atoms. The molecular formula is C19H30F3IN4O. The maximum atomic E-state index is 12.9. The topological polar surface area (TPSA) is 40.1 Å². The number of methoxy groups -OCH3 is 1. The number of hydrogen-bond acceptors (Lipinski definition) is 3. The van der Waals surface area contributed by atoms with Gasteiger partial charge in [-0.3, -0.25) is 4.99 Å². The van der Waals surface area contributed by atoms with Crippen molar-refractivity contribution >= 4 is 35.6 Å². The molecule has 1 heterocycles. The standard InChI is InChI=1S/C19H29F3N4O.HI/c1-23-18(24-9-4-3-5-14-27-2)26-12-10-25(11-13-26)17-8-6-7-16(15-17)19(20,21)22;/h6-8,15H,3-5,9-14H2,1-2H3,(H,23,24);1H. The molecule has 28 heavy (non-hydrogen) atoms. The Morgan fingerprint density at radius 1 is 1.14 bits per heavy atom. The van der Waals surface area contributed by atoms with Crippen molar-refractivity contribution in [2.45, 2.75) is 25.4 Å². The Morgan fingerprint density at radius 2 is 1.86 bits per heavy atom. The fourth-order valence-corrected chi connectivity index (χ4v) is 3.14. The first-order valence-corrected chi connectivity index (χ1v) is 9.32. The first-order chi connectivity index (χ1) is 13.0. The smallest absolute Gasteiger partial charge is 0.385 e. The predicted octanol–water partition coefficient (Wildman–Crippen LogP) is 3.84. The maximum Gasteiger partial charge on any atom is 0.416 e. The second-order valence-electron chi connectivity index (χ2n) is 6.55. The quantitative estimate of drug-likeness (QED) is 0.260. The summed E-state index contributed by atoms with van der Waals surface area (Å²) in [5.41, 5.74) is 0.0129. The Hall–Kier alpha value is -1.23. The Labute approximate surface area is 182 Å². The van der Waals surface area contributed by atoms with E-state index in [9.17, 15) is 13.2 Å². The zero-order valence-corrected chi connectivity index (χ0v) is 18.8. The lowest BCUT2D eigenvalue weighted by molar-refractivity contribution is -0.137. The van der Waals surface area contributed by atoms with Crippen LogP contribution in [0, 0.1) is 0 Å². The van der Waals surface area contributed by atoms with Gasteiger partial charge in [-0.2, -0.15) is 13.2 Å². The summed E-state index contributed by atoms with van der Waals surface area (Å²) in [5, 5.41) is 3.37. The van der Waals surface area contributed by atoms with E-state index in [0.717, 1.165) is 57.5 Å². The van der Waals surface area contributed by atoms with Gasteiger partial charge in [0.2, 0.25) is 0 Å². The van der Waals surface area contributed by atoms with Gasteiger partial charge in [-0.1, -0.05) is 6.07 Å². The number of halogens is 4. The molecule has 1 aromatic carbocycles. The van der Waals surface area contributed by atoms with E-state index < -0.39 is 11.7 Å². The first-order valence-electron chi connectivity index (χ1n) is 9.32. The van der Waals surface area contributed by atoms with Gasteiger partial charge in [-0.05, 0) is 37.5 Å². The Kier molecular flexibility index (Phi) is 10.9. The minimum Gasteiger partial charge on any atom is -0.385 e. The molecule has 0 aliphatic carbocycles. The third kappa shape index (κ3) is 7.65. The van der Waals surface area contributed by atoms with Gasteiger partial charge in [0.1, 0.15) is 0 Å². The van der Waals surface area contributed by atoms with Crippen LogP contribution >= 0.6 is 24.0 Å². The number of guanidine groups is 1. The zero-order valence-electron chi connectivity index (χ0n) is 16.5. The highest BCUT2D eigenvalue weighted by molar-refractivity contribution is 14.0. The van der Waals surface area contributed by atoms with Crippen LogP contribution in [-0.2, 0) is 10.9 Å². The van der Waals surface area contributed by atoms with Crippen molar-refractivity contribution in [3.05, 3.63) is 29.8 Å². The molecule has 1 aliphatic rings. The summed E-state index contributed by atoms with van der Waals surface area (Å²) in [6.45, 7) is 4.40. The number of benzene rings is 1. The minimum atomic E-state index is -4.31. The molecule has 0 aromatic heterocycles. The van der Waals surface area contributed by atoms with Crippen LogP contribution in [0.2, 0.25) is 0 Å². The van der Waals surface area contributed by atoms with Gasteiger partial charge < -0.3 is 19.9 Å². The van der Waals surface area contributed by atoms with Gasteiger partial charge in [-0.25, -0.2) is 0 Å². The van der Waals surface area contributed by atoms with Gasteiger partial charge in [0.05, 0.1) is 5.56 Å². The number of alkyl halides is 3. The number of aliphatic imine (C=N–C) groups is 1. The molecule has 0 atom stereocenters. The van der Waals surface area contributed by atoms with E-state index in [1.54, 1.807) is 20.2 Å². The number of nitrogens with one attached hydrogen (secondary N) is 1. The van der Waals surface area contributed by atoms with Crippen molar-refractivity contribution in [1.29, 1.82) is 0 Å². The van der Waals surface area contributed by atoms with E-state index in [2.05, 4.69) is 15.2 Å². The van der Waals surface area contributed by atoms with Crippen LogP contribution in [0.5, 0.6) is 0 Å². The summed E-state index contributed by atoms with van der Waals surface area (Å²) in [5.74, 6) is 0.852. The lowest BCUT2D eigenvalue weighted by Crippen LogP contribution is -2.52. The predicted molar refractivity (Wildman–Crippen MR) is 118 cm³/mol. The molecule has 160 valence electrons. The van der Waals surface area contributed by atoms with E-state index in [-0.39, 0.29) is 24.0 Å². The van der Waals surface area contributed by atoms with E-state index >= 15 is 0 Å². The number of ether oxygens (including phenoxy) is 1. The average Bonchev–Trinajstić information content (AvgIpc) is 2.67. The van der Waals surface area contributed by atoms with Gasteiger partial charge in [0, 0.05) is 59.2 Å². The van der Waals surface area contributed by atoms with Gasteiger partial charge in [-0.15, -0.1) is 24.0 Å². The summed E-state index contributed by atoms with van der Waals surface area (Å²) in [6, 6.07) is 5.54. The molecule has 1 fully saturated rings. The third-order valence-corrected chi connectivity index (χ3v) is 4.64. The summed E-state index contributed by atoms with van der Waals surface area (Å²) in [6.07, 6.45) is -1.12. The van der Waals surface area contributed by atoms with Crippen LogP contribution in [0.1, 0.15) is 24.8 Å². The first kappa shape index (κ1) is 24.8. The molecule has 0 radical (unpaired) electrons. The fourth-order valence-electron chi connectivity index (χ4n) is 3.14. The van der Waals surface area contributed by atoms with Crippen LogP contribution in [0.3, 0.4) is 0 Å². The molecule has 9 heteroatoms. The van der Waals surface area contributed by atoms with Crippen molar-refractivity contribution in [2.75, 3.05) is 58.4 Å². The highest BCUT2D eigenvalue weighted by atomic mass is 127. The molecule has 1 aromatic rings. The molecule has 1 saturated heterocycles. The van der Waals surface area contributed by atoms with Crippen LogP contribution in [-0.4, -0.2) is 64.3 Å². The van der Waals surface area contributed by atoms with Crippen LogP contribution in [0.4, 0.5) is 18.9 Å². The highest BCUT2D eigenvalue weighted by Crippen LogP contribution is 2.31. The molecule has 0 saturated carbocycles.